The molecule has 0 radical (unpaired) electrons. The van der Waals surface area contributed by atoms with Crippen LogP contribution >= 0.6 is 15.9 Å². The van der Waals surface area contributed by atoms with Crippen molar-refractivity contribution in [2.75, 3.05) is 13.2 Å². The van der Waals surface area contributed by atoms with Crippen LogP contribution in [0.1, 0.15) is 183 Å². The molecular formula is C93H107BBrN9O8. The van der Waals surface area contributed by atoms with Gasteiger partial charge >= 0.3 is 7.12 Å². The zero-order chi connectivity index (χ0) is 77.6. The molecular weight excluding hydrogens is 1460 g/mol. The van der Waals surface area contributed by atoms with E-state index < -0.39 is 0 Å². The number of rotatable bonds is 20. The molecule has 0 saturated carbocycles. The van der Waals surface area contributed by atoms with Gasteiger partial charge < -0.3 is 51.3 Å². The van der Waals surface area contributed by atoms with Crippen LogP contribution in [0.4, 0.5) is 0 Å². The lowest BCUT2D eigenvalue weighted by Crippen LogP contribution is -2.41. The number of aryl methyl sites for hydroxylation is 1. The maximum absolute atomic E-state index is 13.0. The minimum Gasteiger partial charge on any atom is -0.503 e. The van der Waals surface area contributed by atoms with Crippen LogP contribution in [0.25, 0.3) is 40.6 Å². The summed E-state index contributed by atoms with van der Waals surface area (Å²) in [5.74, 6) is 4.55. The minimum atomic E-state index is -0.384. The molecule has 4 aliphatic heterocycles. The topological polar surface area (TPSA) is 177 Å². The second-order valence-electron chi connectivity index (χ2n) is 28.6. The molecule has 17 nitrogen and oxygen atoms in total. The highest BCUT2D eigenvalue weighted by Crippen LogP contribution is 2.48. The van der Waals surface area contributed by atoms with Gasteiger partial charge in [-0.3, -0.25) is 14.4 Å². The van der Waals surface area contributed by atoms with E-state index in [9.17, 15) is 19.5 Å². The Bertz CT molecular complexity index is 5120. The van der Waals surface area contributed by atoms with Crippen LogP contribution in [-0.4, -0.2) is 79.0 Å². The van der Waals surface area contributed by atoms with E-state index in [1.165, 1.54) is 39.4 Å². The van der Waals surface area contributed by atoms with Crippen LogP contribution in [0.3, 0.4) is 0 Å². The predicted molar refractivity (Wildman–Crippen MR) is 458 cm³/mol. The van der Waals surface area contributed by atoms with Crippen LogP contribution in [0, 0.1) is 0 Å². The van der Waals surface area contributed by atoms with Crippen molar-refractivity contribution >= 4 is 29.1 Å². The van der Waals surface area contributed by atoms with Crippen molar-refractivity contribution < 1.29 is 23.9 Å². The number of ether oxygens (including phenoxy) is 2. The monoisotopic (exact) mass is 1570 g/mol. The Kier molecular flexibility index (Phi) is 28.3. The summed E-state index contributed by atoms with van der Waals surface area (Å²) in [6.45, 7) is 29.2. The third-order valence-corrected chi connectivity index (χ3v) is 22.0. The second kappa shape index (κ2) is 37.9. The molecule has 0 unspecified atom stereocenters. The first-order chi connectivity index (χ1) is 53.5. The molecule has 0 spiro atoms. The van der Waals surface area contributed by atoms with Gasteiger partial charge in [0.15, 0.2) is 34.7 Å². The van der Waals surface area contributed by atoms with E-state index in [0.29, 0.717) is 55.9 Å². The van der Waals surface area contributed by atoms with E-state index in [0.717, 1.165) is 71.1 Å². The number of aromatic hydroxyl groups is 1. The van der Waals surface area contributed by atoms with Gasteiger partial charge in [-0.1, -0.05) is 257 Å². The summed E-state index contributed by atoms with van der Waals surface area (Å²) in [7, 11) is -0.250. The average Bonchev–Trinajstić information content (AvgIpc) is 1.65. The first-order valence-electron chi connectivity index (χ1n) is 38.4. The van der Waals surface area contributed by atoms with E-state index in [1.807, 2.05) is 113 Å². The van der Waals surface area contributed by atoms with E-state index in [-0.39, 0.29) is 91.1 Å². The zero-order valence-electron chi connectivity index (χ0n) is 64.4. The van der Waals surface area contributed by atoms with E-state index in [2.05, 4.69) is 228 Å². The summed E-state index contributed by atoms with van der Waals surface area (Å²) >= 11 is 3.67. The molecule has 3 atom stereocenters. The number of fused-ring (bicyclic) bond motifs is 9. The van der Waals surface area contributed by atoms with Crippen LogP contribution in [-0.2, 0) is 35.4 Å². The maximum atomic E-state index is 13.0. The number of benzene rings is 6. The van der Waals surface area contributed by atoms with Gasteiger partial charge in [0, 0.05) is 86.1 Å². The van der Waals surface area contributed by atoms with Crippen LogP contribution in [0.15, 0.2) is 275 Å². The molecule has 1 saturated heterocycles. The summed E-state index contributed by atoms with van der Waals surface area (Å²) in [5, 5.41) is 10.7. The number of aromatic nitrogens is 9. The van der Waals surface area contributed by atoms with Crippen molar-refractivity contribution in [1.82, 2.24) is 42.4 Å². The molecule has 582 valence electrons. The molecule has 1 N–H and O–H groups in total. The molecule has 19 heteroatoms. The fraction of sp³-hybridized carbons (Fsp3) is 0.312. The molecule has 0 aliphatic carbocycles. The number of nitrogens with zero attached hydrogens (tertiary/aromatic N) is 9. The molecule has 112 heavy (non-hydrogen) atoms. The normalized spacial score (nSPS) is 15.5. The lowest BCUT2D eigenvalue weighted by molar-refractivity contribution is 0.00578. The Morgan fingerprint density at radius 1 is 0.491 bits per heavy atom. The van der Waals surface area contributed by atoms with Gasteiger partial charge in [-0.25, -0.2) is 15.0 Å². The molecule has 4 aliphatic rings. The Hall–Kier alpha value is -10.9. The fourth-order valence-corrected chi connectivity index (χ4v) is 15.6. The summed E-state index contributed by atoms with van der Waals surface area (Å²) in [6.07, 6.45) is 17.5. The van der Waals surface area contributed by atoms with Gasteiger partial charge in [0.1, 0.15) is 21.7 Å². The molecule has 1 fully saturated rings. The molecule has 16 rings (SSSR count). The summed E-state index contributed by atoms with van der Waals surface area (Å²) in [6, 6.07) is 67.8. The van der Waals surface area contributed by atoms with Crippen LogP contribution < -0.4 is 25.8 Å². The molecule has 0 amide bonds. The predicted octanol–water partition coefficient (Wildman–Crippen LogP) is 20.4. The first-order valence-corrected chi connectivity index (χ1v) is 39.2. The average molecular weight is 1570 g/mol. The molecule has 12 aromatic rings. The van der Waals surface area contributed by atoms with Gasteiger partial charge in [0.05, 0.1) is 60.6 Å². The Morgan fingerprint density at radius 3 is 1.18 bits per heavy atom. The van der Waals surface area contributed by atoms with Gasteiger partial charge in [0.2, 0.25) is 16.3 Å². The second-order valence-corrected chi connectivity index (χ2v) is 29.4. The Balaban J connectivity index is 0.000000164. The Morgan fingerprint density at radius 2 is 0.821 bits per heavy atom. The molecule has 6 aromatic carbocycles. The fourth-order valence-electron chi connectivity index (χ4n) is 15.2. The third-order valence-electron chi connectivity index (χ3n) is 21.3. The largest absolute Gasteiger partial charge is 0.503 e. The number of imidazole rings is 3. The van der Waals surface area contributed by atoms with Gasteiger partial charge in [-0.2, -0.15) is 0 Å². The standard InChI is InChI=1S/C29H29N3O2.C27H26BrN3O2.C25H23N3O2.C8H15BO2.C2H6.2CH4/c1-3-5-18-34-28-25(33)16-17-31-24(20-32-23(4-2)19-30-29(32)27(28)31)26(21-12-8-6-9-13-21)22-14-10-7-11-15-22;1-2-3-16-33-26-22(32)14-15-30-21(18-31-23(28)17-29-27(31)25(26)30)24(19-10-6-4-7-11-19)20-12-8-5-9-13-20;1-2-19-15-26-25-23-24(30)21(29)13-14-27(23)20(16-28(19)25)22(17-9-5-3-6-10-17)18-11-7-4-8-12-18;1-6-9-10-7(2,3)8(4,5)11-9;1-2;;/h4,6-17,19,24,26H,2-3,5,18,20H2,1H3;4-15,17,21,24H,2-3,16,18H2,1H3;3-15,20,22,30H,2,16H2,1H3;6H,1H2,2-5H3;1-2H3;2*1H4/t24-;21-;20-;;;;/m111..../s1. The zero-order valence-corrected chi connectivity index (χ0v) is 66.0. The highest BCUT2D eigenvalue weighted by atomic mass is 79.9. The van der Waals surface area contributed by atoms with E-state index in [4.69, 9.17) is 23.8 Å². The lowest BCUT2D eigenvalue weighted by Gasteiger charge is -2.36. The van der Waals surface area contributed by atoms with Crippen molar-refractivity contribution in [1.29, 1.82) is 0 Å². The minimum absolute atomic E-state index is 0. The lowest BCUT2D eigenvalue weighted by atomic mass is 9.83. The molecule has 6 aromatic heterocycles. The quantitative estimate of drug-likeness (QED) is 0.0567. The van der Waals surface area contributed by atoms with Gasteiger partial charge in [-0.15, -0.1) is 6.58 Å². The number of hydrogen-bond donors (Lipinski definition) is 1. The van der Waals surface area contributed by atoms with Crippen molar-refractivity contribution in [2.45, 2.75) is 176 Å². The van der Waals surface area contributed by atoms with Crippen molar-refractivity contribution in [3.63, 3.8) is 0 Å². The molecule has 0 bridgehead atoms. The highest BCUT2D eigenvalue weighted by molar-refractivity contribution is 9.10. The molecule has 10 heterocycles. The number of hydrogen-bond acceptors (Lipinski definition) is 11. The summed E-state index contributed by atoms with van der Waals surface area (Å²) in [4.78, 5) is 52.1. The SMILES string of the molecule is C.C.C=CB1OC(C)(C)C(C)(C)O1.C=Cc1cnc2n1C[C@H](C(c1ccccc1)c1ccccc1)n1ccc(=O)c(OCCCC)c1-2.CC.CCCCOc1c2n(ccc1=O)[C@@H](C(c1ccccc1)c1ccccc1)Cn1c(Br)cnc1-2.CCc1cnc2n1C[C@H](C(c1ccccc1)c1ccccc1)n1ccc(=O)c(O)c1-2. The third kappa shape index (κ3) is 17.4. The van der Waals surface area contributed by atoms with Crippen molar-refractivity contribution in [3.05, 3.63) is 337 Å². The van der Waals surface area contributed by atoms with Gasteiger partial charge in [-0.05, 0) is 102 Å². The van der Waals surface area contributed by atoms with Gasteiger partial charge in [0.25, 0.3) is 0 Å². The Labute approximate surface area is 668 Å². The van der Waals surface area contributed by atoms with E-state index in [1.54, 1.807) is 30.5 Å². The first kappa shape index (κ1) is 83.6. The number of pyridine rings is 3. The van der Waals surface area contributed by atoms with Crippen molar-refractivity contribution in [3.8, 4) is 51.8 Å². The van der Waals surface area contributed by atoms with Crippen LogP contribution in [0.2, 0.25) is 0 Å². The summed E-state index contributed by atoms with van der Waals surface area (Å²) in [5.41, 5.74) is 10.2. The van der Waals surface area contributed by atoms with E-state index >= 15 is 0 Å². The highest BCUT2D eigenvalue weighted by Gasteiger charge is 2.50. The number of unbranched alkanes of at least 4 members (excludes halogenated alkanes) is 2. The van der Waals surface area contributed by atoms with Crippen LogP contribution in [0.5, 0.6) is 17.2 Å². The smallest absolute Gasteiger partial charge is 0.486 e. The number of halogens is 1. The van der Waals surface area contributed by atoms with Crippen molar-refractivity contribution in [2.24, 2.45) is 0 Å². The summed E-state index contributed by atoms with van der Waals surface area (Å²) < 4.78 is 37.1. The maximum Gasteiger partial charge on any atom is 0.486 e.